The standard InChI is InChI=1S/C29H30N4O4/c1-3-4-16-30-26(34)18-21-12-14-23(15-13-21)33-28(36)24-10-5-6-11-25(24)32(29(33)37)19-27(35)31-22-9-7-8-20(2)17-22/h5-15,17H,3-4,16,18-19H2,1-2H3,(H,30,34)(H,31,35). The first kappa shape index (κ1) is 25.6. The lowest BCUT2D eigenvalue weighted by molar-refractivity contribution is -0.120. The highest BCUT2D eigenvalue weighted by Crippen LogP contribution is 2.13. The van der Waals surface area contributed by atoms with Crippen LogP contribution in [0.2, 0.25) is 0 Å². The Morgan fingerprint density at radius 2 is 1.65 bits per heavy atom. The van der Waals surface area contributed by atoms with E-state index in [-0.39, 0.29) is 24.8 Å². The number of para-hydroxylation sites is 1. The highest BCUT2D eigenvalue weighted by atomic mass is 16.2. The normalized spacial score (nSPS) is 10.9. The maximum Gasteiger partial charge on any atom is 0.336 e. The van der Waals surface area contributed by atoms with Gasteiger partial charge in [0.25, 0.3) is 5.56 Å². The highest BCUT2D eigenvalue weighted by Gasteiger charge is 2.17. The molecular formula is C29H30N4O4. The number of unbranched alkanes of at least 4 members (excludes halogenated alkanes) is 1. The second kappa shape index (κ2) is 11.5. The van der Waals surface area contributed by atoms with Gasteiger partial charge in [0.1, 0.15) is 6.54 Å². The summed E-state index contributed by atoms with van der Waals surface area (Å²) in [7, 11) is 0. The average molecular weight is 499 g/mol. The number of rotatable bonds is 9. The molecule has 0 saturated carbocycles. The monoisotopic (exact) mass is 498 g/mol. The number of nitrogens with zero attached hydrogens (tertiary/aromatic N) is 2. The summed E-state index contributed by atoms with van der Waals surface area (Å²) in [5, 5.41) is 6.02. The summed E-state index contributed by atoms with van der Waals surface area (Å²) in [6.45, 7) is 4.36. The van der Waals surface area contributed by atoms with Gasteiger partial charge in [0.05, 0.1) is 23.0 Å². The van der Waals surface area contributed by atoms with Crippen LogP contribution in [0.5, 0.6) is 0 Å². The van der Waals surface area contributed by atoms with Gasteiger partial charge in [-0.25, -0.2) is 9.36 Å². The van der Waals surface area contributed by atoms with Crippen molar-refractivity contribution in [3.63, 3.8) is 0 Å². The van der Waals surface area contributed by atoms with Crippen LogP contribution < -0.4 is 21.9 Å². The first-order valence-corrected chi connectivity index (χ1v) is 12.3. The summed E-state index contributed by atoms with van der Waals surface area (Å²) in [5.74, 6) is -0.460. The first-order valence-electron chi connectivity index (χ1n) is 12.3. The zero-order valence-corrected chi connectivity index (χ0v) is 21.0. The van der Waals surface area contributed by atoms with Crippen molar-refractivity contribution in [1.29, 1.82) is 0 Å². The van der Waals surface area contributed by atoms with Gasteiger partial charge < -0.3 is 10.6 Å². The largest absolute Gasteiger partial charge is 0.356 e. The summed E-state index contributed by atoms with van der Waals surface area (Å²) < 4.78 is 2.37. The number of hydrogen-bond donors (Lipinski definition) is 2. The van der Waals surface area contributed by atoms with E-state index in [4.69, 9.17) is 0 Å². The molecule has 2 N–H and O–H groups in total. The van der Waals surface area contributed by atoms with Crippen molar-refractivity contribution in [3.05, 3.63) is 105 Å². The summed E-state index contributed by atoms with van der Waals surface area (Å²) >= 11 is 0. The Bertz CT molecular complexity index is 1550. The van der Waals surface area contributed by atoms with Gasteiger partial charge in [0.15, 0.2) is 0 Å². The van der Waals surface area contributed by atoms with Gasteiger partial charge in [-0.3, -0.25) is 19.0 Å². The second-order valence-electron chi connectivity index (χ2n) is 8.99. The third-order valence-electron chi connectivity index (χ3n) is 6.07. The van der Waals surface area contributed by atoms with Gasteiger partial charge in [0.2, 0.25) is 11.8 Å². The van der Waals surface area contributed by atoms with Crippen LogP contribution in [0.15, 0.2) is 82.4 Å². The first-order chi connectivity index (χ1) is 17.9. The van der Waals surface area contributed by atoms with Crippen LogP contribution in [0.3, 0.4) is 0 Å². The van der Waals surface area contributed by atoms with E-state index in [0.717, 1.165) is 28.5 Å². The Balaban J connectivity index is 1.66. The molecule has 0 radical (unpaired) electrons. The number of carbonyl (C=O) groups excluding carboxylic acids is 2. The number of aromatic nitrogens is 2. The molecule has 0 bridgehead atoms. The molecule has 2 amide bonds. The lowest BCUT2D eigenvalue weighted by Gasteiger charge is -2.15. The van der Waals surface area contributed by atoms with Gasteiger partial charge in [-0.15, -0.1) is 0 Å². The fourth-order valence-corrected chi connectivity index (χ4v) is 4.18. The number of nitrogens with one attached hydrogen (secondary N) is 2. The topological polar surface area (TPSA) is 102 Å². The van der Waals surface area contributed by atoms with E-state index in [1.165, 1.54) is 4.57 Å². The van der Waals surface area contributed by atoms with Crippen LogP contribution in [0.1, 0.15) is 30.9 Å². The maximum absolute atomic E-state index is 13.5. The number of carbonyl (C=O) groups is 2. The zero-order chi connectivity index (χ0) is 26.4. The zero-order valence-electron chi connectivity index (χ0n) is 21.0. The molecule has 37 heavy (non-hydrogen) atoms. The molecule has 4 rings (SSSR count). The summed E-state index contributed by atoms with van der Waals surface area (Å²) in [6.07, 6.45) is 2.13. The van der Waals surface area contributed by atoms with Gasteiger partial charge in [-0.1, -0.05) is 49.7 Å². The van der Waals surface area contributed by atoms with Gasteiger partial charge in [0, 0.05) is 12.2 Å². The molecule has 0 saturated heterocycles. The van der Waals surface area contributed by atoms with Crippen LogP contribution in [0.25, 0.3) is 16.6 Å². The van der Waals surface area contributed by atoms with Crippen LogP contribution >= 0.6 is 0 Å². The van der Waals surface area contributed by atoms with E-state index in [0.29, 0.717) is 28.8 Å². The predicted octanol–water partition coefficient (Wildman–Crippen LogP) is 3.56. The maximum atomic E-state index is 13.5. The van der Waals surface area contributed by atoms with Crippen molar-refractivity contribution in [1.82, 2.24) is 14.5 Å². The highest BCUT2D eigenvalue weighted by molar-refractivity contribution is 5.91. The van der Waals surface area contributed by atoms with Crippen LogP contribution in [-0.2, 0) is 22.6 Å². The number of amides is 2. The quantitative estimate of drug-likeness (QED) is 0.345. The average Bonchev–Trinajstić information content (AvgIpc) is 2.88. The van der Waals surface area contributed by atoms with Gasteiger partial charge in [-0.2, -0.15) is 0 Å². The van der Waals surface area contributed by atoms with Crippen molar-refractivity contribution in [2.75, 3.05) is 11.9 Å². The molecule has 0 aliphatic rings. The Hall–Kier alpha value is -4.46. The summed E-state index contributed by atoms with van der Waals surface area (Å²) in [6, 6.07) is 20.8. The number of fused-ring (bicyclic) bond motifs is 1. The van der Waals surface area contributed by atoms with Crippen molar-refractivity contribution in [2.24, 2.45) is 0 Å². The lowest BCUT2D eigenvalue weighted by Crippen LogP contribution is -2.40. The summed E-state index contributed by atoms with van der Waals surface area (Å²) in [4.78, 5) is 51.9. The molecular weight excluding hydrogens is 468 g/mol. The van der Waals surface area contributed by atoms with E-state index < -0.39 is 11.2 Å². The minimum absolute atomic E-state index is 0.0777. The van der Waals surface area contributed by atoms with E-state index in [1.807, 2.05) is 25.1 Å². The molecule has 0 spiro atoms. The van der Waals surface area contributed by atoms with Crippen molar-refractivity contribution in [2.45, 2.75) is 39.7 Å². The third-order valence-corrected chi connectivity index (χ3v) is 6.07. The molecule has 0 unspecified atom stereocenters. The Labute approximate surface area is 214 Å². The minimum Gasteiger partial charge on any atom is -0.356 e. The molecule has 0 aliphatic carbocycles. The fourth-order valence-electron chi connectivity index (χ4n) is 4.18. The van der Waals surface area contributed by atoms with Crippen LogP contribution in [0, 0.1) is 6.92 Å². The lowest BCUT2D eigenvalue weighted by atomic mass is 10.1. The minimum atomic E-state index is -0.617. The molecule has 1 aromatic heterocycles. The molecule has 8 nitrogen and oxygen atoms in total. The molecule has 0 fully saturated rings. The summed E-state index contributed by atoms with van der Waals surface area (Å²) in [5.41, 5.74) is 2.05. The molecule has 3 aromatic carbocycles. The molecule has 0 aliphatic heterocycles. The van der Waals surface area contributed by atoms with Crippen LogP contribution in [-0.4, -0.2) is 27.5 Å². The molecule has 190 valence electrons. The molecule has 0 atom stereocenters. The molecule has 1 heterocycles. The molecule has 4 aromatic rings. The number of hydrogen-bond acceptors (Lipinski definition) is 4. The van der Waals surface area contributed by atoms with E-state index in [2.05, 4.69) is 17.6 Å². The number of benzene rings is 3. The Morgan fingerprint density at radius 3 is 2.38 bits per heavy atom. The van der Waals surface area contributed by atoms with Crippen molar-refractivity contribution in [3.8, 4) is 5.69 Å². The number of anilines is 1. The fraction of sp³-hybridized carbons (Fsp3) is 0.241. The van der Waals surface area contributed by atoms with Crippen molar-refractivity contribution >= 4 is 28.4 Å². The van der Waals surface area contributed by atoms with E-state index in [1.54, 1.807) is 54.6 Å². The third kappa shape index (κ3) is 6.03. The second-order valence-corrected chi connectivity index (χ2v) is 8.99. The SMILES string of the molecule is CCCCNC(=O)Cc1ccc(-n2c(=O)c3ccccc3n(CC(=O)Nc3cccc(C)c3)c2=O)cc1. The smallest absolute Gasteiger partial charge is 0.336 e. The van der Waals surface area contributed by atoms with Crippen molar-refractivity contribution < 1.29 is 9.59 Å². The van der Waals surface area contributed by atoms with Crippen LogP contribution in [0.4, 0.5) is 5.69 Å². The van der Waals surface area contributed by atoms with Gasteiger partial charge >= 0.3 is 5.69 Å². The molecule has 8 heteroatoms. The van der Waals surface area contributed by atoms with E-state index in [9.17, 15) is 19.2 Å². The number of aryl methyl sites for hydroxylation is 1. The van der Waals surface area contributed by atoms with Gasteiger partial charge in [-0.05, 0) is 60.9 Å². The van der Waals surface area contributed by atoms with E-state index >= 15 is 0 Å². The Kier molecular flexibility index (Phi) is 7.98. The predicted molar refractivity (Wildman–Crippen MR) is 145 cm³/mol. The Morgan fingerprint density at radius 1 is 0.892 bits per heavy atom.